The number of carboxylic acid groups (broad SMARTS) is 1. The number of rotatable bonds is 1. The molecular formula is C6H6O5. The van der Waals surface area contributed by atoms with E-state index in [0.29, 0.717) is 0 Å². The second-order valence-electron chi connectivity index (χ2n) is 2.43. The Morgan fingerprint density at radius 2 is 2.18 bits per heavy atom. The first-order valence-corrected chi connectivity index (χ1v) is 2.93. The standard InChI is InChI=1S/C6H6O5/c1-6(4(8)9)3(7)2-11-5(6)10/h2H2,1H3,(H,8,9). The number of Topliss-reactive ketones (excluding diaryl/α,β-unsaturated/α-hetero) is 1. The lowest BCUT2D eigenvalue weighted by atomic mass is 9.88. The molecule has 5 heteroatoms. The molecular weight excluding hydrogens is 152 g/mol. The second-order valence-corrected chi connectivity index (χ2v) is 2.43. The number of ether oxygens (including phenoxy) is 1. The first-order chi connectivity index (χ1) is 4.99. The summed E-state index contributed by atoms with van der Waals surface area (Å²) in [6.07, 6.45) is 0. The Labute approximate surface area is 62.0 Å². The van der Waals surface area contributed by atoms with Crippen molar-refractivity contribution in [3.05, 3.63) is 0 Å². The van der Waals surface area contributed by atoms with Crippen LogP contribution in [0.1, 0.15) is 6.92 Å². The molecule has 60 valence electrons. The second kappa shape index (κ2) is 2.05. The zero-order valence-corrected chi connectivity index (χ0v) is 5.79. The van der Waals surface area contributed by atoms with Crippen molar-refractivity contribution in [3.8, 4) is 0 Å². The maximum absolute atomic E-state index is 10.8. The molecule has 0 aromatic heterocycles. The average molecular weight is 158 g/mol. The molecule has 0 radical (unpaired) electrons. The molecule has 0 saturated carbocycles. The highest BCUT2D eigenvalue weighted by molar-refractivity contribution is 6.22. The quantitative estimate of drug-likeness (QED) is 0.399. The molecule has 1 aliphatic rings. The zero-order valence-electron chi connectivity index (χ0n) is 5.79. The average Bonchev–Trinajstić information content (AvgIpc) is 2.18. The fourth-order valence-corrected chi connectivity index (χ4v) is 0.740. The number of hydrogen-bond acceptors (Lipinski definition) is 4. The van der Waals surface area contributed by atoms with E-state index in [-0.39, 0.29) is 0 Å². The lowest BCUT2D eigenvalue weighted by Crippen LogP contribution is -2.38. The van der Waals surface area contributed by atoms with Crippen LogP contribution in [0.3, 0.4) is 0 Å². The molecule has 0 aliphatic carbocycles. The van der Waals surface area contributed by atoms with E-state index in [9.17, 15) is 14.4 Å². The molecule has 11 heavy (non-hydrogen) atoms. The van der Waals surface area contributed by atoms with E-state index in [2.05, 4.69) is 4.74 Å². The summed E-state index contributed by atoms with van der Waals surface area (Å²) in [6.45, 7) is 0.620. The number of hydrogen-bond donors (Lipinski definition) is 1. The molecule has 0 aromatic rings. The van der Waals surface area contributed by atoms with Crippen LogP contribution in [0.4, 0.5) is 0 Å². The smallest absolute Gasteiger partial charge is 0.331 e. The number of carbonyl (C=O) groups excluding carboxylic acids is 2. The van der Waals surface area contributed by atoms with Crippen molar-refractivity contribution in [1.29, 1.82) is 0 Å². The molecule has 1 heterocycles. The monoisotopic (exact) mass is 158 g/mol. The third-order valence-corrected chi connectivity index (χ3v) is 1.73. The number of ketones is 1. The van der Waals surface area contributed by atoms with Crippen LogP contribution < -0.4 is 0 Å². The van der Waals surface area contributed by atoms with Gasteiger partial charge in [0.2, 0.25) is 5.41 Å². The number of cyclic esters (lactones) is 1. The van der Waals surface area contributed by atoms with Crippen molar-refractivity contribution in [3.63, 3.8) is 0 Å². The van der Waals surface area contributed by atoms with E-state index in [4.69, 9.17) is 5.11 Å². The largest absolute Gasteiger partial charge is 0.480 e. The Morgan fingerprint density at radius 3 is 2.36 bits per heavy atom. The van der Waals surface area contributed by atoms with Crippen LogP contribution >= 0.6 is 0 Å². The first kappa shape index (κ1) is 7.71. The minimum atomic E-state index is -1.97. The van der Waals surface area contributed by atoms with Gasteiger partial charge in [0.05, 0.1) is 0 Å². The highest BCUT2D eigenvalue weighted by Crippen LogP contribution is 2.25. The summed E-state index contributed by atoms with van der Waals surface area (Å²) in [5, 5.41) is 8.49. The Hall–Kier alpha value is -1.39. The van der Waals surface area contributed by atoms with Gasteiger partial charge in [0.15, 0.2) is 12.4 Å². The van der Waals surface area contributed by atoms with Gasteiger partial charge in [-0.3, -0.25) is 14.4 Å². The highest BCUT2D eigenvalue weighted by Gasteiger charge is 2.54. The topological polar surface area (TPSA) is 80.7 Å². The van der Waals surface area contributed by atoms with Gasteiger partial charge < -0.3 is 9.84 Å². The predicted molar refractivity (Wildman–Crippen MR) is 31.7 cm³/mol. The van der Waals surface area contributed by atoms with E-state index in [0.717, 1.165) is 6.92 Å². The molecule has 0 aromatic carbocycles. The van der Waals surface area contributed by atoms with E-state index in [1.54, 1.807) is 0 Å². The number of carboxylic acids is 1. The summed E-state index contributed by atoms with van der Waals surface area (Å²) in [5.41, 5.74) is -1.97. The van der Waals surface area contributed by atoms with Gasteiger partial charge in [0.1, 0.15) is 0 Å². The van der Waals surface area contributed by atoms with Crippen molar-refractivity contribution < 1.29 is 24.2 Å². The molecule has 1 aliphatic heterocycles. The summed E-state index contributed by atoms with van der Waals surface area (Å²) in [7, 11) is 0. The van der Waals surface area contributed by atoms with Gasteiger partial charge in [0, 0.05) is 0 Å². The van der Waals surface area contributed by atoms with Crippen LogP contribution in [0.15, 0.2) is 0 Å². The third kappa shape index (κ3) is 0.806. The molecule has 1 unspecified atom stereocenters. The molecule has 0 bridgehead atoms. The molecule has 1 N–H and O–H groups in total. The fraction of sp³-hybridized carbons (Fsp3) is 0.500. The Bertz CT molecular complexity index is 225. The van der Waals surface area contributed by atoms with Crippen LogP contribution in [0.25, 0.3) is 0 Å². The van der Waals surface area contributed by atoms with Crippen LogP contribution in [-0.2, 0) is 19.1 Å². The van der Waals surface area contributed by atoms with Gasteiger partial charge in [-0.2, -0.15) is 0 Å². The van der Waals surface area contributed by atoms with Crippen LogP contribution in [0, 0.1) is 5.41 Å². The van der Waals surface area contributed by atoms with E-state index >= 15 is 0 Å². The fourth-order valence-electron chi connectivity index (χ4n) is 0.740. The minimum absolute atomic E-state index is 0.429. The summed E-state index contributed by atoms with van der Waals surface area (Å²) >= 11 is 0. The molecule has 5 nitrogen and oxygen atoms in total. The normalized spacial score (nSPS) is 30.3. The summed E-state index contributed by atoms with van der Waals surface area (Å²) in [6, 6.07) is 0. The maximum Gasteiger partial charge on any atom is 0.331 e. The number of carbonyl (C=O) groups is 3. The molecule has 0 amide bonds. The zero-order chi connectivity index (χ0) is 8.65. The maximum atomic E-state index is 10.8. The summed E-state index contributed by atoms with van der Waals surface area (Å²) < 4.78 is 4.27. The predicted octanol–water partition coefficient (Wildman–Crippen LogP) is -0.797. The van der Waals surface area contributed by atoms with Gasteiger partial charge in [-0.15, -0.1) is 0 Å². The molecule has 1 atom stereocenters. The van der Waals surface area contributed by atoms with E-state index in [1.165, 1.54) is 0 Å². The SMILES string of the molecule is CC1(C(=O)O)C(=O)COC1=O. The van der Waals surface area contributed by atoms with Gasteiger partial charge in [-0.25, -0.2) is 0 Å². The van der Waals surface area contributed by atoms with Crippen LogP contribution in [-0.4, -0.2) is 29.4 Å². The van der Waals surface area contributed by atoms with Gasteiger partial charge in [-0.05, 0) is 6.92 Å². The van der Waals surface area contributed by atoms with Crippen molar-refractivity contribution in [2.24, 2.45) is 5.41 Å². The van der Waals surface area contributed by atoms with Gasteiger partial charge >= 0.3 is 11.9 Å². The van der Waals surface area contributed by atoms with Crippen molar-refractivity contribution in [2.75, 3.05) is 6.61 Å². The molecule has 1 rings (SSSR count). The lowest BCUT2D eigenvalue weighted by Gasteiger charge is -2.08. The highest BCUT2D eigenvalue weighted by atomic mass is 16.5. The summed E-state index contributed by atoms with van der Waals surface area (Å²) in [4.78, 5) is 32.0. The summed E-state index contributed by atoms with van der Waals surface area (Å²) in [5.74, 6) is -3.13. The molecule has 1 fully saturated rings. The molecule has 1 saturated heterocycles. The van der Waals surface area contributed by atoms with Gasteiger partial charge in [-0.1, -0.05) is 0 Å². The Morgan fingerprint density at radius 1 is 1.64 bits per heavy atom. The van der Waals surface area contributed by atoms with E-state index in [1.807, 2.05) is 0 Å². The lowest BCUT2D eigenvalue weighted by molar-refractivity contribution is -0.160. The van der Waals surface area contributed by atoms with Gasteiger partial charge in [0.25, 0.3) is 0 Å². The van der Waals surface area contributed by atoms with Crippen LogP contribution in [0.2, 0.25) is 0 Å². The van der Waals surface area contributed by atoms with Crippen LogP contribution in [0.5, 0.6) is 0 Å². The third-order valence-electron chi connectivity index (χ3n) is 1.73. The Balaban J connectivity index is 3.08. The number of aliphatic carboxylic acids is 1. The van der Waals surface area contributed by atoms with Crippen molar-refractivity contribution in [1.82, 2.24) is 0 Å². The van der Waals surface area contributed by atoms with Crippen molar-refractivity contribution in [2.45, 2.75) is 6.92 Å². The Kier molecular flexibility index (Phi) is 1.44. The minimum Gasteiger partial charge on any atom is -0.480 e. The van der Waals surface area contributed by atoms with E-state index < -0.39 is 29.7 Å². The van der Waals surface area contributed by atoms with Crippen molar-refractivity contribution >= 4 is 17.7 Å². The molecule has 0 spiro atoms. The first-order valence-electron chi connectivity index (χ1n) is 2.93. The number of esters is 1.